The molecule has 2 heteroatoms. The van der Waals surface area contributed by atoms with Gasteiger partial charge in [0.2, 0.25) is 0 Å². The minimum atomic E-state index is -0.221. The van der Waals surface area contributed by atoms with E-state index in [9.17, 15) is 4.39 Å². The molecule has 0 saturated heterocycles. The van der Waals surface area contributed by atoms with E-state index in [4.69, 9.17) is 0 Å². The van der Waals surface area contributed by atoms with E-state index in [1.165, 1.54) is 23.1 Å². The second kappa shape index (κ2) is 9.01. The lowest BCUT2D eigenvalue weighted by atomic mass is 10.1. The molecule has 0 bridgehead atoms. The molecule has 0 aliphatic rings. The summed E-state index contributed by atoms with van der Waals surface area (Å²) in [6.07, 6.45) is 3.85. The van der Waals surface area contributed by atoms with Crippen LogP contribution in [0.5, 0.6) is 0 Å². The maximum absolute atomic E-state index is 13.3. The van der Waals surface area contributed by atoms with Gasteiger partial charge in [-0.05, 0) is 55.8 Å². The zero-order valence-electron chi connectivity index (χ0n) is 16.3. The molecule has 0 fully saturated rings. The molecule has 0 unspecified atom stereocenters. The van der Waals surface area contributed by atoms with Crippen LogP contribution >= 0.6 is 0 Å². The standard InChI is InChI=1S/C20H14FN.C6H10/c21-17-10-12-18(13-11-17)22-19-9-5-4-8-16(19)14-20(22)15-6-2-1-3-7-15;1-4-6(3)5-2/h1-14H;4-5H,1H2,2-3H3/b;6-5-. The molecule has 1 nitrogen and oxygen atoms in total. The van der Waals surface area contributed by atoms with Gasteiger partial charge in [-0.15, -0.1) is 0 Å². The smallest absolute Gasteiger partial charge is 0.123 e. The fourth-order valence-electron chi connectivity index (χ4n) is 2.96. The van der Waals surface area contributed by atoms with Crippen molar-refractivity contribution in [3.05, 3.63) is 115 Å². The molecule has 0 amide bonds. The van der Waals surface area contributed by atoms with E-state index in [2.05, 4.69) is 41.5 Å². The predicted octanol–water partition coefficient (Wildman–Crippen LogP) is 7.58. The minimum absolute atomic E-state index is 0.221. The van der Waals surface area contributed by atoms with Crippen LogP contribution in [0.25, 0.3) is 27.8 Å². The highest BCUT2D eigenvalue weighted by Gasteiger charge is 2.11. The average molecular weight is 369 g/mol. The van der Waals surface area contributed by atoms with Gasteiger partial charge >= 0.3 is 0 Å². The van der Waals surface area contributed by atoms with Crippen LogP contribution in [0.4, 0.5) is 4.39 Å². The molecule has 0 radical (unpaired) electrons. The van der Waals surface area contributed by atoms with E-state index >= 15 is 0 Å². The van der Waals surface area contributed by atoms with Gasteiger partial charge in [0.15, 0.2) is 0 Å². The van der Waals surface area contributed by atoms with E-state index in [1.54, 1.807) is 0 Å². The van der Waals surface area contributed by atoms with Crippen molar-refractivity contribution in [3.63, 3.8) is 0 Å². The highest BCUT2D eigenvalue weighted by molar-refractivity contribution is 5.89. The Balaban J connectivity index is 0.000000330. The second-order valence-electron chi connectivity index (χ2n) is 6.50. The van der Waals surface area contributed by atoms with Gasteiger partial charge in [0, 0.05) is 11.1 Å². The Morgan fingerprint density at radius 1 is 0.893 bits per heavy atom. The summed E-state index contributed by atoms with van der Waals surface area (Å²) >= 11 is 0. The Morgan fingerprint density at radius 2 is 1.54 bits per heavy atom. The first-order valence-electron chi connectivity index (χ1n) is 9.31. The third-order valence-corrected chi connectivity index (χ3v) is 4.64. The quantitative estimate of drug-likeness (QED) is 0.328. The molecule has 0 N–H and O–H groups in total. The van der Waals surface area contributed by atoms with Gasteiger partial charge in [-0.3, -0.25) is 0 Å². The normalized spacial score (nSPS) is 11.0. The van der Waals surface area contributed by atoms with Crippen molar-refractivity contribution in [1.82, 2.24) is 4.57 Å². The SMILES string of the molecule is C=C/C(C)=C\C.Fc1ccc(-n2c(-c3ccccc3)cc3ccccc32)cc1. The first-order chi connectivity index (χ1) is 13.6. The highest BCUT2D eigenvalue weighted by Crippen LogP contribution is 2.31. The van der Waals surface area contributed by atoms with Crippen molar-refractivity contribution >= 4 is 10.9 Å². The van der Waals surface area contributed by atoms with E-state index < -0.39 is 0 Å². The Bertz CT molecular complexity index is 1090. The van der Waals surface area contributed by atoms with Gasteiger partial charge in [-0.1, -0.05) is 72.8 Å². The van der Waals surface area contributed by atoms with Crippen molar-refractivity contribution in [2.45, 2.75) is 13.8 Å². The molecule has 3 aromatic carbocycles. The van der Waals surface area contributed by atoms with Crippen LogP contribution in [0.1, 0.15) is 13.8 Å². The molecule has 0 saturated carbocycles. The maximum atomic E-state index is 13.3. The summed E-state index contributed by atoms with van der Waals surface area (Å²) in [5.41, 5.74) is 5.56. The summed E-state index contributed by atoms with van der Waals surface area (Å²) < 4.78 is 15.4. The van der Waals surface area contributed by atoms with Crippen LogP contribution < -0.4 is 0 Å². The molecular weight excluding hydrogens is 345 g/mol. The number of allylic oxidation sites excluding steroid dienone is 3. The lowest BCUT2D eigenvalue weighted by Gasteiger charge is -2.11. The number of aromatic nitrogens is 1. The van der Waals surface area contributed by atoms with Crippen LogP contribution in [0.3, 0.4) is 0 Å². The molecule has 4 rings (SSSR count). The Morgan fingerprint density at radius 3 is 2.14 bits per heavy atom. The van der Waals surface area contributed by atoms with Gasteiger partial charge in [-0.25, -0.2) is 4.39 Å². The van der Waals surface area contributed by atoms with E-state index in [0.717, 1.165) is 22.5 Å². The summed E-state index contributed by atoms with van der Waals surface area (Å²) in [6, 6.07) is 27.3. The minimum Gasteiger partial charge on any atom is -0.309 e. The number of hydrogen-bond acceptors (Lipinski definition) is 0. The number of rotatable bonds is 3. The molecule has 0 spiro atoms. The molecule has 0 aliphatic heterocycles. The van der Waals surface area contributed by atoms with Crippen molar-refractivity contribution in [3.8, 4) is 16.9 Å². The fourth-order valence-corrected chi connectivity index (χ4v) is 2.96. The number of para-hydroxylation sites is 1. The van der Waals surface area contributed by atoms with Crippen LogP contribution in [0.15, 0.2) is 109 Å². The van der Waals surface area contributed by atoms with Crippen LogP contribution in [-0.4, -0.2) is 4.57 Å². The van der Waals surface area contributed by atoms with Gasteiger partial charge in [0.05, 0.1) is 11.2 Å². The van der Waals surface area contributed by atoms with Gasteiger partial charge in [-0.2, -0.15) is 0 Å². The van der Waals surface area contributed by atoms with Gasteiger partial charge < -0.3 is 4.57 Å². The summed E-state index contributed by atoms with van der Waals surface area (Å²) in [7, 11) is 0. The zero-order valence-corrected chi connectivity index (χ0v) is 16.3. The topological polar surface area (TPSA) is 4.93 Å². The molecule has 140 valence electrons. The Labute approximate surface area is 166 Å². The van der Waals surface area contributed by atoms with Crippen LogP contribution in [-0.2, 0) is 0 Å². The second-order valence-corrected chi connectivity index (χ2v) is 6.50. The van der Waals surface area contributed by atoms with Crippen molar-refractivity contribution in [2.75, 3.05) is 0 Å². The first kappa shape index (κ1) is 19.4. The predicted molar refractivity (Wildman–Crippen MR) is 118 cm³/mol. The monoisotopic (exact) mass is 369 g/mol. The maximum Gasteiger partial charge on any atom is 0.123 e. The molecule has 28 heavy (non-hydrogen) atoms. The third kappa shape index (κ3) is 4.29. The number of fused-ring (bicyclic) bond motifs is 1. The van der Waals surface area contributed by atoms with Gasteiger partial charge in [0.1, 0.15) is 5.82 Å². The largest absolute Gasteiger partial charge is 0.309 e. The van der Waals surface area contributed by atoms with Crippen LogP contribution in [0.2, 0.25) is 0 Å². The summed E-state index contributed by atoms with van der Waals surface area (Å²) in [5, 5.41) is 1.17. The Kier molecular flexibility index (Phi) is 6.23. The lowest BCUT2D eigenvalue weighted by molar-refractivity contribution is 0.627. The zero-order chi connectivity index (χ0) is 19.9. The highest BCUT2D eigenvalue weighted by atomic mass is 19.1. The molecule has 0 aliphatic carbocycles. The number of hydrogen-bond donors (Lipinski definition) is 0. The van der Waals surface area contributed by atoms with E-state index in [0.29, 0.717) is 0 Å². The van der Waals surface area contributed by atoms with Crippen LogP contribution in [0, 0.1) is 5.82 Å². The van der Waals surface area contributed by atoms with Crippen molar-refractivity contribution < 1.29 is 4.39 Å². The average Bonchev–Trinajstić information content (AvgIpc) is 3.14. The summed E-state index contributed by atoms with van der Waals surface area (Å²) in [5.74, 6) is -0.221. The van der Waals surface area contributed by atoms with Crippen molar-refractivity contribution in [1.29, 1.82) is 0 Å². The number of benzene rings is 3. The summed E-state index contributed by atoms with van der Waals surface area (Å²) in [6.45, 7) is 7.58. The third-order valence-electron chi connectivity index (χ3n) is 4.64. The number of nitrogens with zero attached hydrogens (tertiary/aromatic N) is 1. The van der Waals surface area contributed by atoms with Crippen molar-refractivity contribution in [2.24, 2.45) is 0 Å². The van der Waals surface area contributed by atoms with E-state index in [1.807, 2.05) is 68.5 Å². The molecule has 4 aromatic rings. The molecule has 1 heterocycles. The molecular formula is C26H24FN. The summed E-state index contributed by atoms with van der Waals surface area (Å²) in [4.78, 5) is 0. The Hall–Kier alpha value is -3.39. The van der Waals surface area contributed by atoms with E-state index in [-0.39, 0.29) is 5.82 Å². The first-order valence-corrected chi connectivity index (χ1v) is 9.31. The lowest BCUT2D eigenvalue weighted by Crippen LogP contribution is -1.96. The molecule has 0 atom stereocenters. The fraction of sp³-hybridized carbons (Fsp3) is 0.0769. The molecule has 1 aromatic heterocycles. The number of halogens is 1. The van der Waals surface area contributed by atoms with Gasteiger partial charge in [0.25, 0.3) is 0 Å².